The van der Waals surface area contributed by atoms with Gasteiger partial charge in [-0.1, -0.05) is 17.9 Å². The van der Waals surface area contributed by atoms with E-state index in [-0.39, 0.29) is 30.6 Å². The fraction of sp³-hybridized carbons (Fsp3) is 0.786. The summed E-state index contributed by atoms with van der Waals surface area (Å²) < 4.78 is 5.40. The Hall–Kier alpha value is -1.47. The van der Waals surface area contributed by atoms with Gasteiger partial charge in [0.15, 0.2) is 0 Å². The van der Waals surface area contributed by atoms with Crippen molar-refractivity contribution in [3.05, 3.63) is 5.89 Å². The van der Waals surface area contributed by atoms with E-state index in [2.05, 4.69) is 15.5 Å². The summed E-state index contributed by atoms with van der Waals surface area (Å²) in [5, 5.41) is 20.4. The second-order valence-electron chi connectivity index (χ2n) is 6.10. The van der Waals surface area contributed by atoms with Crippen molar-refractivity contribution >= 4 is 11.9 Å². The third kappa shape index (κ3) is 3.59. The van der Waals surface area contributed by atoms with E-state index in [9.17, 15) is 9.90 Å². The average molecular weight is 294 g/mol. The lowest BCUT2D eigenvalue weighted by Gasteiger charge is -2.34. The van der Waals surface area contributed by atoms with Gasteiger partial charge in [0.05, 0.1) is 12.6 Å². The van der Waals surface area contributed by atoms with Gasteiger partial charge in [0.25, 0.3) is 0 Å². The minimum absolute atomic E-state index is 0.0502. The Morgan fingerprint density at radius 1 is 1.33 bits per heavy atom. The van der Waals surface area contributed by atoms with Gasteiger partial charge in [0.2, 0.25) is 11.8 Å². The third-order valence-electron chi connectivity index (χ3n) is 4.27. The Bertz CT molecular complexity index is 500. The van der Waals surface area contributed by atoms with Crippen molar-refractivity contribution in [2.24, 2.45) is 0 Å². The van der Waals surface area contributed by atoms with Crippen molar-refractivity contribution in [2.75, 3.05) is 18.9 Å². The molecule has 2 N–H and O–H groups in total. The number of aromatic nitrogens is 2. The van der Waals surface area contributed by atoms with Crippen LogP contribution in [0.3, 0.4) is 0 Å². The molecule has 1 aromatic heterocycles. The van der Waals surface area contributed by atoms with Gasteiger partial charge in [-0.25, -0.2) is 0 Å². The lowest BCUT2D eigenvalue weighted by molar-refractivity contribution is -0.118. The highest BCUT2D eigenvalue weighted by atomic mass is 16.4. The van der Waals surface area contributed by atoms with E-state index in [0.29, 0.717) is 11.8 Å². The molecule has 1 heterocycles. The van der Waals surface area contributed by atoms with E-state index < -0.39 is 0 Å². The molecule has 0 radical (unpaired) electrons. The molecule has 3 rings (SSSR count). The summed E-state index contributed by atoms with van der Waals surface area (Å²) in [6.07, 6.45) is 5.71. The summed E-state index contributed by atoms with van der Waals surface area (Å²) in [5.74, 6) is 0.797. The number of likely N-dealkylation sites (N-methyl/N-ethyl adjacent to an activating group) is 1. The first-order chi connectivity index (χ1) is 10.1. The number of aliphatic hydroxyl groups is 1. The molecule has 2 atom stereocenters. The van der Waals surface area contributed by atoms with Crippen molar-refractivity contribution in [1.29, 1.82) is 0 Å². The molecule has 0 aromatic carbocycles. The van der Waals surface area contributed by atoms with E-state index in [1.807, 2.05) is 11.9 Å². The maximum absolute atomic E-state index is 12.0. The first-order valence-corrected chi connectivity index (χ1v) is 7.65. The number of nitrogens with zero attached hydrogens (tertiary/aromatic N) is 3. The number of hydrogen-bond donors (Lipinski definition) is 2. The van der Waals surface area contributed by atoms with E-state index in [0.717, 1.165) is 38.5 Å². The molecule has 21 heavy (non-hydrogen) atoms. The van der Waals surface area contributed by atoms with Gasteiger partial charge in [-0.15, -0.1) is 5.10 Å². The fourth-order valence-electron chi connectivity index (χ4n) is 2.89. The molecule has 1 amide bonds. The van der Waals surface area contributed by atoms with Crippen LogP contribution < -0.4 is 5.32 Å². The molecular weight excluding hydrogens is 272 g/mol. The molecular formula is C14H22N4O3. The smallest absolute Gasteiger partial charge is 0.322 e. The normalized spacial score (nSPS) is 26.0. The molecule has 7 heteroatoms. The van der Waals surface area contributed by atoms with Crippen LogP contribution in [-0.2, 0) is 4.79 Å². The van der Waals surface area contributed by atoms with Crippen LogP contribution in [0.1, 0.15) is 50.3 Å². The van der Waals surface area contributed by atoms with Crippen LogP contribution in [0.5, 0.6) is 0 Å². The summed E-state index contributed by atoms with van der Waals surface area (Å²) in [4.78, 5) is 13.9. The van der Waals surface area contributed by atoms with Gasteiger partial charge in [-0.3, -0.25) is 15.0 Å². The Labute approximate surface area is 123 Å². The maximum Gasteiger partial charge on any atom is 0.322 e. The summed E-state index contributed by atoms with van der Waals surface area (Å²) >= 11 is 0. The molecule has 0 bridgehead atoms. The van der Waals surface area contributed by atoms with Crippen molar-refractivity contribution in [1.82, 2.24) is 15.1 Å². The average Bonchev–Trinajstić information content (AvgIpc) is 3.20. The quantitative estimate of drug-likeness (QED) is 0.845. The highest BCUT2D eigenvalue weighted by molar-refractivity contribution is 5.90. The van der Waals surface area contributed by atoms with Crippen molar-refractivity contribution < 1.29 is 14.3 Å². The minimum Gasteiger partial charge on any atom is -0.408 e. The summed E-state index contributed by atoms with van der Waals surface area (Å²) in [6.45, 7) is 0.211. The SMILES string of the molecule is CN(CC(=O)Nc1nnc(C2CC2)o1)C1CCCCC1O. The van der Waals surface area contributed by atoms with Gasteiger partial charge < -0.3 is 9.52 Å². The Kier molecular flexibility index (Phi) is 4.21. The Morgan fingerprint density at radius 2 is 2.10 bits per heavy atom. The second kappa shape index (κ2) is 6.11. The highest BCUT2D eigenvalue weighted by Crippen LogP contribution is 2.39. The number of carbonyl (C=O) groups is 1. The van der Waals surface area contributed by atoms with Gasteiger partial charge >= 0.3 is 6.01 Å². The third-order valence-corrected chi connectivity index (χ3v) is 4.27. The number of rotatable bonds is 5. The topological polar surface area (TPSA) is 91.5 Å². The first kappa shape index (κ1) is 14.5. The zero-order chi connectivity index (χ0) is 14.8. The molecule has 2 fully saturated rings. The van der Waals surface area contributed by atoms with Crippen LogP contribution >= 0.6 is 0 Å². The number of anilines is 1. The molecule has 0 saturated heterocycles. The molecule has 116 valence electrons. The fourth-order valence-corrected chi connectivity index (χ4v) is 2.89. The molecule has 2 unspecified atom stereocenters. The lowest BCUT2D eigenvalue weighted by atomic mass is 9.91. The summed E-state index contributed by atoms with van der Waals surface area (Å²) in [5.41, 5.74) is 0. The van der Waals surface area contributed by atoms with Crippen molar-refractivity contribution in [3.63, 3.8) is 0 Å². The number of amides is 1. The zero-order valence-corrected chi connectivity index (χ0v) is 12.3. The largest absolute Gasteiger partial charge is 0.408 e. The summed E-state index contributed by atoms with van der Waals surface area (Å²) in [6, 6.07) is 0.216. The van der Waals surface area contributed by atoms with Crippen LogP contribution in [0.4, 0.5) is 6.01 Å². The number of nitrogens with one attached hydrogen (secondary N) is 1. The van der Waals surface area contributed by atoms with Gasteiger partial charge in [-0.05, 0) is 32.7 Å². The van der Waals surface area contributed by atoms with E-state index >= 15 is 0 Å². The standard InChI is InChI=1S/C14H22N4O3/c1-18(10-4-2-3-5-11(10)19)8-12(20)15-14-17-16-13(21-14)9-6-7-9/h9-11,19H,2-8H2,1H3,(H,15,17,20). The van der Waals surface area contributed by atoms with E-state index in [4.69, 9.17) is 4.42 Å². The monoisotopic (exact) mass is 294 g/mol. The first-order valence-electron chi connectivity index (χ1n) is 7.65. The zero-order valence-electron chi connectivity index (χ0n) is 12.3. The molecule has 0 spiro atoms. The molecule has 1 aromatic rings. The van der Waals surface area contributed by atoms with Crippen LogP contribution in [0, 0.1) is 0 Å². The van der Waals surface area contributed by atoms with Crippen LogP contribution in [0.15, 0.2) is 4.42 Å². The van der Waals surface area contributed by atoms with Crippen molar-refractivity contribution in [2.45, 2.75) is 56.6 Å². The molecule has 0 aliphatic heterocycles. The number of hydrogen-bond acceptors (Lipinski definition) is 6. The lowest BCUT2D eigenvalue weighted by Crippen LogP contribution is -2.46. The van der Waals surface area contributed by atoms with Gasteiger partial charge in [0, 0.05) is 12.0 Å². The van der Waals surface area contributed by atoms with Gasteiger partial charge in [-0.2, -0.15) is 0 Å². The predicted octanol–water partition coefficient (Wildman–Crippen LogP) is 1.12. The highest BCUT2D eigenvalue weighted by Gasteiger charge is 2.30. The van der Waals surface area contributed by atoms with Gasteiger partial charge in [0.1, 0.15) is 0 Å². The molecule has 2 aliphatic carbocycles. The van der Waals surface area contributed by atoms with Crippen LogP contribution in [-0.4, -0.2) is 51.8 Å². The number of aliphatic hydroxyl groups excluding tert-OH is 1. The van der Waals surface area contributed by atoms with E-state index in [1.165, 1.54) is 0 Å². The summed E-state index contributed by atoms with van der Waals surface area (Å²) in [7, 11) is 1.86. The van der Waals surface area contributed by atoms with E-state index in [1.54, 1.807) is 0 Å². The maximum atomic E-state index is 12.0. The Morgan fingerprint density at radius 3 is 2.81 bits per heavy atom. The molecule has 2 saturated carbocycles. The van der Waals surface area contributed by atoms with Crippen LogP contribution in [0.2, 0.25) is 0 Å². The predicted molar refractivity (Wildman–Crippen MR) is 75.8 cm³/mol. The Balaban J connectivity index is 1.50. The molecule has 7 nitrogen and oxygen atoms in total. The minimum atomic E-state index is -0.346. The molecule has 2 aliphatic rings. The van der Waals surface area contributed by atoms with Crippen molar-refractivity contribution in [3.8, 4) is 0 Å². The number of carbonyl (C=O) groups excluding carboxylic acids is 1. The second-order valence-corrected chi connectivity index (χ2v) is 6.10. The van der Waals surface area contributed by atoms with Crippen LogP contribution in [0.25, 0.3) is 0 Å².